The Labute approximate surface area is 391 Å². The molecule has 0 radical (unpaired) electrons. The van der Waals surface area contributed by atoms with Gasteiger partial charge in [0.15, 0.2) is 5.71 Å². The number of carbonyl (C=O) groups excluding carboxylic acids is 2. The first-order chi connectivity index (χ1) is 24.2. The van der Waals surface area contributed by atoms with Gasteiger partial charge in [0.1, 0.15) is 26.8 Å². The number of carboxylic acids is 2. The Morgan fingerprint density at radius 1 is 0.745 bits per heavy atom. The predicted molar refractivity (Wildman–Crippen MR) is 190 cm³/mol. The van der Waals surface area contributed by atoms with Crippen LogP contribution in [0.2, 0.25) is 0 Å². The van der Waals surface area contributed by atoms with E-state index in [4.69, 9.17) is 0 Å². The average Bonchev–Trinajstić information content (AvgIpc) is 3.38. The molecule has 0 spiro atoms. The van der Waals surface area contributed by atoms with Gasteiger partial charge in [0, 0.05) is 59.4 Å². The first kappa shape index (κ1) is 51.9. The minimum atomic E-state index is -4.69. The average molecular weight is 823 g/mol. The van der Waals surface area contributed by atoms with Crippen molar-refractivity contribution in [3.05, 3.63) is 83.1 Å². The van der Waals surface area contributed by atoms with Crippen LogP contribution in [0.15, 0.2) is 81.8 Å². The van der Waals surface area contributed by atoms with Crippen molar-refractivity contribution in [2.45, 2.75) is 107 Å². The molecule has 55 heavy (non-hydrogen) atoms. The molecule has 2 heterocycles. The maximum Gasteiger partial charge on any atom is 1.00 e. The van der Waals surface area contributed by atoms with Crippen LogP contribution >= 0.6 is 0 Å². The van der Waals surface area contributed by atoms with Crippen molar-refractivity contribution in [3.8, 4) is 0 Å². The van der Waals surface area contributed by atoms with Crippen LogP contribution in [0, 0.1) is 0 Å². The van der Waals surface area contributed by atoms with Crippen molar-refractivity contribution in [2.24, 2.45) is 0 Å². The number of unbranched alkanes of at least 4 members (excludes halogenated alkanes) is 4. The van der Waals surface area contributed by atoms with Gasteiger partial charge in [-0.25, -0.2) is 16.8 Å². The van der Waals surface area contributed by atoms with Gasteiger partial charge in [-0.05, 0) is 101 Å². The molecule has 2 aromatic carbocycles. The molecule has 0 saturated carbocycles. The largest absolute Gasteiger partial charge is 1.00 e. The Hall–Kier alpha value is -1.11. The molecule has 2 aliphatic heterocycles. The summed E-state index contributed by atoms with van der Waals surface area (Å²) >= 11 is 0. The van der Waals surface area contributed by atoms with E-state index in [2.05, 4.69) is 9.48 Å². The molecule has 17 heteroatoms. The number of nitrogens with zero attached hydrogens (tertiary/aromatic N) is 2. The van der Waals surface area contributed by atoms with Crippen LogP contribution in [0.3, 0.4) is 0 Å². The molecule has 4 rings (SSSR count). The molecule has 0 atom stereocenters. The normalized spacial score (nSPS) is 16.7. The van der Waals surface area contributed by atoms with E-state index in [1.54, 1.807) is 12.1 Å². The van der Waals surface area contributed by atoms with Crippen LogP contribution in [-0.2, 0) is 40.7 Å². The fourth-order valence-electron chi connectivity index (χ4n) is 7.01. The van der Waals surface area contributed by atoms with E-state index in [0.29, 0.717) is 62.7 Å². The second-order valence-corrected chi connectivity index (χ2v) is 17.1. The third kappa shape index (κ3) is 12.9. The number of benzene rings is 2. The van der Waals surface area contributed by atoms with E-state index in [9.17, 15) is 45.7 Å². The van der Waals surface area contributed by atoms with Crippen LogP contribution < -0.4 is 104 Å². The first-order valence-electron chi connectivity index (χ1n) is 17.3. The number of carbonyl (C=O) groups is 2. The van der Waals surface area contributed by atoms with Crippen LogP contribution in [0.5, 0.6) is 0 Å². The molecule has 0 N–H and O–H groups in total. The van der Waals surface area contributed by atoms with Crippen LogP contribution in [0.1, 0.15) is 97.1 Å². The van der Waals surface area contributed by atoms with E-state index in [-0.39, 0.29) is 111 Å². The van der Waals surface area contributed by atoms with E-state index in [1.165, 1.54) is 24.3 Å². The number of rotatable bonds is 17. The van der Waals surface area contributed by atoms with Crippen LogP contribution in [0.4, 0.5) is 11.4 Å². The molecule has 0 saturated heterocycles. The van der Waals surface area contributed by atoms with Gasteiger partial charge in [-0.15, -0.1) is 0 Å². The number of allylic oxidation sites excluding steroid dienone is 6. The summed E-state index contributed by atoms with van der Waals surface area (Å²) in [6.45, 7) is 10.8. The fourth-order valence-corrected chi connectivity index (χ4v) is 8.00. The second-order valence-electron chi connectivity index (χ2n) is 14.4. The molecule has 2 aromatic rings. The van der Waals surface area contributed by atoms with E-state index >= 15 is 0 Å². The molecular formula is C38H45N2Na3O10S2. The summed E-state index contributed by atoms with van der Waals surface area (Å²) in [4.78, 5) is 23.2. The van der Waals surface area contributed by atoms with Gasteiger partial charge < -0.3 is 33.8 Å². The van der Waals surface area contributed by atoms with E-state index < -0.39 is 43.0 Å². The van der Waals surface area contributed by atoms with Gasteiger partial charge in [-0.2, -0.15) is 4.58 Å². The predicted octanol–water partition coefficient (Wildman–Crippen LogP) is -5.31. The van der Waals surface area contributed by atoms with Gasteiger partial charge in [0.05, 0.1) is 15.2 Å². The number of fused-ring (bicyclic) bond motifs is 2. The summed E-state index contributed by atoms with van der Waals surface area (Å²) in [5.41, 5.74) is 4.11. The Kier molecular flexibility index (Phi) is 20.0. The number of carboxylic acid groups (broad SMARTS) is 2. The van der Waals surface area contributed by atoms with E-state index in [0.717, 1.165) is 28.4 Å². The number of hydrogen-bond acceptors (Lipinski definition) is 11. The monoisotopic (exact) mass is 822 g/mol. The Morgan fingerprint density at radius 3 is 1.82 bits per heavy atom. The number of anilines is 1. The molecule has 0 fully saturated rings. The standard InChI is InChI=1S/C38H48N2O10S2.3Na/c1-26(14-20-33-37(2,3)29-24-27(51(45,46)47)16-18-31(29)39(33)22-10-6-8-12-35(41)42)15-21-34-38(4,5)30-25-28(52(48,49)50)17-19-32(30)40(34)23-11-7-9-13-36(43)44;;;/h14-21,24-25H,6-13,22-23H2,1-5H3,(H3-,41,42,43,44,45,46,47,48,49,50);;;/q;3*+1/p-3. The van der Waals surface area contributed by atoms with Gasteiger partial charge in [0.2, 0.25) is 5.69 Å². The SMILES string of the molecule is CC(/C=C/C1=[N+](CCCCCC(=O)[O-])c2ccc(S(=O)(=O)[O-])cc2C1(C)C)=C\C=C1\N(CCCCCC(=O)[O-])c2ccc(S(=O)(=O)[O-])cc2C1(C)C.[Na+].[Na+].[Na+]. The smallest absolute Gasteiger partial charge is 0.744 e. The van der Waals surface area contributed by atoms with Crippen LogP contribution in [-0.4, -0.2) is 61.3 Å². The number of hydrogen-bond donors (Lipinski definition) is 0. The van der Waals surface area contributed by atoms with Crippen molar-refractivity contribution >= 4 is 49.3 Å². The molecule has 0 bridgehead atoms. The topological polar surface area (TPSA) is 201 Å². The van der Waals surface area contributed by atoms with Crippen molar-refractivity contribution < 1.29 is 139 Å². The first-order valence-corrected chi connectivity index (χ1v) is 20.1. The fraction of sp³-hybridized carbons (Fsp3) is 0.447. The summed E-state index contributed by atoms with van der Waals surface area (Å²) in [5, 5.41) is 21.8. The minimum absolute atomic E-state index is 0. The maximum absolute atomic E-state index is 11.9. The molecule has 282 valence electrons. The van der Waals surface area contributed by atoms with Crippen LogP contribution in [0.25, 0.3) is 0 Å². The van der Waals surface area contributed by atoms with Gasteiger partial charge >= 0.3 is 88.7 Å². The van der Waals surface area contributed by atoms with Crippen molar-refractivity contribution in [1.29, 1.82) is 0 Å². The maximum atomic E-state index is 11.9. The molecule has 0 aromatic heterocycles. The second kappa shape index (κ2) is 21.2. The molecule has 0 amide bonds. The number of aliphatic carboxylic acids is 2. The molecule has 0 aliphatic carbocycles. The minimum Gasteiger partial charge on any atom is -0.744 e. The zero-order valence-corrected chi connectivity index (χ0v) is 40.8. The summed E-state index contributed by atoms with van der Waals surface area (Å²) in [7, 11) is -9.38. The van der Waals surface area contributed by atoms with E-state index in [1.807, 2.05) is 58.9 Å². The Morgan fingerprint density at radius 2 is 1.27 bits per heavy atom. The third-order valence-corrected chi connectivity index (χ3v) is 11.5. The van der Waals surface area contributed by atoms with Crippen molar-refractivity contribution in [3.63, 3.8) is 0 Å². The molecule has 0 unspecified atom stereocenters. The molecular weight excluding hydrogens is 778 g/mol. The Balaban J connectivity index is 0.00000504. The van der Waals surface area contributed by atoms with Gasteiger partial charge in [0.25, 0.3) is 0 Å². The summed E-state index contributed by atoms with van der Waals surface area (Å²) in [6.07, 6.45) is 11.2. The Bertz CT molecular complexity index is 2090. The summed E-state index contributed by atoms with van der Waals surface area (Å²) in [5.74, 6) is -2.21. The molecule has 2 aliphatic rings. The summed E-state index contributed by atoms with van der Waals surface area (Å²) < 4.78 is 73.4. The zero-order valence-electron chi connectivity index (χ0n) is 33.1. The third-order valence-electron chi connectivity index (χ3n) is 9.84. The van der Waals surface area contributed by atoms with Gasteiger partial charge in [-0.1, -0.05) is 38.0 Å². The molecule has 12 nitrogen and oxygen atoms in total. The van der Waals surface area contributed by atoms with Gasteiger partial charge in [-0.3, -0.25) is 0 Å². The van der Waals surface area contributed by atoms with Crippen molar-refractivity contribution in [2.75, 3.05) is 18.0 Å². The zero-order chi connectivity index (χ0) is 38.6. The van der Waals surface area contributed by atoms with Crippen molar-refractivity contribution in [1.82, 2.24) is 0 Å². The summed E-state index contributed by atoms with van der Waals surface area (Å²) in [6, 6.07) is 8.71. The quantitative estimate of drug-likeness (QED) is 0.0486.